The second-order valence-electron chi connectivity index (χ2n) is 6.26. The number of nitrogens with one attached hydrogen (secondary N) is 1. The average molecular weight is 416 g/mol. The molecule has 0 aliphatic rings. The Labute approximate surface area is 167 Å². The quantitative estimate of drug-likeness (QED) is 0.529. The van der Waals surface area contributed by atoms with Crippen molar-refractivity contribution in [3.63, 3.8) is 0 Å². The van der Waals surface area contributed by atoms with Crippen LogP contribution in [-0.4, -0.2) is 21.6 Å². The van der Waals surface area contributed by atoms with Crippen LogP contribution in [0.4, 0.5) is 19.0 Å². The molecule has 30 heavy (non-hydrogen) atoms. The maximum atomic E-state index is 13.5. The molecule has 0 unspecified atom stereocenters. The fourth-order valence-corrected chi connectivity index (χ4v) is 3.10. The lowest BCUT2D eigenvalue weighted by Crippen LogP contribution is -2.24. The van der Waals surface area contributed by atoms with Gasteiger partial charge in [0.1, 0.15) is 17.8 Å². The van der Waals surface area contributed by atoms with E-state index in [1.54, 1.807) is 30.3 Å². The van der Waals surface area contributed by atoms with E-state index in [0.29, 0.717) is 11.6 Å². The van der Waals surface area contributed by atoms with Gasteiger partial charge >= 0.3 is 11.9 Å². The molecule has 0 saturated heterocycles. The summed E-state index contributed by atoms with van der Waals surface area (Å²) in [6.45, 7) is 0.0774. The number of para-hydroxylation sites is 1. The number of rotatable bonds is 5. The van der Waals surface area contributed by atoms with Gasteiger partial charge in [0.15, 0.2) is 0 Å². The first-order chi connectivity index (χ1) is 14.4. The zero-order valence-electron chi connectivity index (χ0n) is 15.6. The van der Waals surface area contributed by atoms with Gasteiger partial charge < -0.3 is 14.5 Å². The summed E-state index contributed by atoms with van der Waals surface area (Å²) in [5.41, 5.74) is -1.31. The first-order valence-electron chi connectivity index (χ1n) is 8.78. The Morgan fingerprint density at radius 2 is 1.97 bits per heavy atom. The Bertz CT molecular complexity index is 1240. The number of hydrogen-bond donors (Lipinski definition) is 1. The summed E-state index contributed by atoms with van der Waals surface area (Å²) in [7, 11) is 1.25. The minimum absolute atomic E-state index is 0.00257. The second-order valence-corrected chi connectivity index (χ2v) is 6.26. The van der Waals surface area contributed by atoms with Crippen LogP contribution >= 0.6 is 0 Å². The molecule has 2 heterocycles. The van der Waals surface area contributed by atoms with Crippen LogP contribution in [0.5, 0.6) is 5.75 Å². The van der Waals surface area contributed by atoms with Crippen molar-refractivity contribution in [3.8, 4) is 11.4 Å². The van der Waals surface area contributed by atoms with E-state index >= 15 is 0 Å². The Kier molecular flexibility index (Phi) is 4.90. The third kappa shape index (κ3) is 3.59. The second kappa shape index (κ2) is 7.54. The molecule has 0 bridgehead atoms. The highest BCUT2D eigenvalue weighted by Crippen LogP contribution is 2.38. The number of halogens is 3. The highest BCUT2D eigenvalue weighted by molar-refractivity contribution is 5.96. The van der Waals surface area contributed by atoms with Crippen LogP contribution < -0.4 is 15.7 Å². The number of ether oxygens (including phenoxy) is 1. The number of hydrogen-bond acceptors (Lipinski definition) is 6. The van der Waals surface area contributed by atoms with Gasteiger partial charge in [0.25, 0.3) is 0 Å². The highest BCUT2D eigenvalue weighted by Gasteiger charge is 2.33. The van der Waals surface area contributed by atoms with E-state index < -0.39 is 17.4 Å². The monoisotopic (exact) mass is 416 g/mol. The lowest BCUT2D eigenvalue weighted by atomic mass is 10.1. The molecule has 2 aromatic heterocycles. The SMILES string of the molecule is COc1cc(C(F)(F)F)cc2c1c(NCc1ncco1)nc(=O)n2-c1ccccc1. The fourth-order valence-electron chi connectivity index (χ4n) is 3.10. The summed E-state index contributed by atoms with van der Waals surface area (Å²) in [4.78, 5) is 20.8. The molecule has 2 aromatic carbocycles. The third-order valence-corrected chi connectivity index (χ3v) is 4.41. The van der Waals surface area contributed by atoms with Crippen molar-refractivity contribution < 1.29 is 22.3 Å². The van der Waals surface area contributed by atoms with E-state index in [1.807, 2.05) is 0 Å². The average Bonchev–Trinajstić information content (AvgIpc) is 3.24. The van der Waals surface area contributed by atoms with Gasteiger partial charge in [-0.15, -0.1) is 0 Å². The van der Waals surface area contributed by atoms with Crippen LogP contribution in [0.1, 0.15) is 11.5 Å². The van der Waals surface area contributed by atoms with Crippen molar-refractivity contribution in [2.45, 2.75) is 12.7 Å². The molecule has 0 atom stereocenters. The number of oxazole rings is 1. The summed E-state index contributed by atoms with van der Waals surface area (Å²) in [5, 5.41) is 3.12. The van der Waals surface area contributed by atoms with Crippen LogP contribution in [0.25, 0.3) is 16.6 Å². The number of anilines is 1. The van der Waals surface area contributed by atoms with E-state index in [2.05, 4.69) is 15.3 Å². The van der Waals surface area contributed by atoms with Gasteiger partial charge in [0.05, 0.1) is 42.0 Å². The van der Waals surface area contributed by atoms with Crippen LogP contribution in [0.3, 0.4) is 0 Å². The van der Waals surface area contributed by atoms with Crippen LogP contribution in [0, 0.1) is 0 Å². The van der Waals surface area contributed by atoms with Crippen molar-refractivity contribution in [2.24, 2.45) is 0 Å². The molecule has 0 amide bonds. The Morgan fingerprint density at radius 1 is 1.20 bits per heavy atom. The van der Waals surface area contributed by atoms with E-state index in [4.69, 9.17) is 9.15 Å². The van der Waals surface area contributed by atoms with Gasteiger partial charge in [-0.05, 0) is 24.3 Å². The zero-order valence-corrected chi connectivity index (χ0v) is 15.6. The molecule has 154 valence electrons. The highest BCUT2D eigenvalue weighted by atomic mass is 19.4. The number of benzene rings is 2. The van der Waals surface area contributed by atoms with E-state index in [0.717, 1.165) is 16.7 Å². The molecule has 10 heteroatoms. The molecule has 4 rings (SSSR count). The van der Waals surface area contributed by atoms with Crippen molar-refractivity contribution in [3.05, 3.63) is 76.9 Å². The lowest BCUT2D eigenvalue weighted by Gasteiger charge is -2.18. The third-order valence-electron chi connectivity index (χ3n) is 4.41. The summed E-state index contributed by atoms with van der Waals surface area (Å²) in [5.74, 6) is 0.306. The maximum Gasteiger partial charge on any atom is 0.416 e. The molecule has 0 spiro atoms. The van der Waals surface area contributed by atoms with Crippen molar-refractivity contribution >= 4 is 16.7 Å². The zero-order chi connectivity index (χ0) is 21.3. The normalized spacial score (nSPS) is 11.6. The summed E-state index contributed by atoms with van der Waals surface area (Å²) >= 11 is 0. The van der Waals surface area contributed by atoms with Gasteiger partial charge in [-0.2, -0.15) is 18.2 Å². The smallest absolute Gasteiger partial charge is 0.416 e. The van der Waals surface area contributed by atoms with Crippen molar-refractivity contribution in [1.29, 1.82) is 0 Å². The first-order valence-corrected chi connectivity index (χ1v) is 8.78. The first kappa shape index (κ1) is 19.5. The van der Waals surface area contributed by atoms with Gasteiger partial charge in [-0.1, -0.05) is 18.2 Å². The molecule has 0 saturated carbocycles. The van der Waals surface area contributed by atoms with Crippen LogP contribution in [-0.2, 0) is 12.7 Å². The molecule has 0 aliphatic carbocycles. The van der Waals surface area contributed by atoms with Gasteiger partial charge in [0.2, 0.25) is 5.89 Å². The lowest BCUT2D eigenvalue weighted by molar-refractivity contribution is -0.137. The molecule has 0 aliphatic heterocycles. The summed E-state index contributed by atoms with van der Waals surface area (Å²) in [6.07, 6.45) is -1.80. The molecular weight excluding hydrogens is 401 g/mol. The molecule has 1 N–H and O–H groups in total. The summed E-state index contributed by atoms with van der Waals surface area (Å²) in [6, 6.07) is 10.1. The van der Waals surface area contributed by atoms with E-state index in [1.165, 1.54) is 19.6 Å². The Hall–Kier alpha value is -3.82. The number of fused-ring (bicyclic) bond motifs is 1. The molecule has 0 fully saturated rings. The summed E-state index contributed by atoms with van der Waals surface area (Å²) < 4.78 is 52.0. The number of nitrogens with zero attached hydrogens (tertiary/aromatic N) is 3. The fraction of sp³-hybridized carbons (Fsp3) is 0.150. The molecular formula is C20H15F3N4O3. The molecule has 0 radical (unpaired) electrons. The van der Waals surface area contributed by atoms with Gasteiger partial charge in [0, 0.05) is 0 Å². The van der Waals surface area contributed by atoms with E-state index in [9.17, 15) is 18.0 Å². The standard InChI is InChI=1S/C20H15F3N4O3/c1-29-15-10-12(20(21,22)23)9-14-17(15)18(25-11-16-24-7-8-30-16)26-19(28)27(14)13-5-3-2-4-6-13/h2-10H,11H2,1H3,(H,25,26,28). The molecule has 4 aromatic rings. The minimum Gasteiger partial charge on any atom is -0.496 e. The minimum atomic E-state index is -4.63. The van der Waals surface area contributed by atoms with Crippen LogP contribution in [0.2, 0.25) is 0 Å². The van der Waals surface area contributed by atoms with Gasteiger partial charge in [-0.3, -0.25) is 4.57 Å². The predicted molar refractivity (Wildman–Crippen MR) is 103 cm³/mol. The van der Waals surface area contributed by atoms with Crippen LogP contribution in [0.15, 0.2) is 64.1 Å². The Balaban J connectivity index is 2.01. The maximum absolute atomic E-state index is 13.5. The largest absolute Gasteiger partial charge is 0.496 e. The number of aromatic nitrogens is 3. The van der Waals surface area contributed by atoms with Crippen molar-refractivity contribution in [1.82, 2.24) is 14.5 Å². The van der Waals surface area contributed by atoms with E-state index in [-0.39, 0.29) is 29.0 Å². The Morgan fingerprint density at radius 3 is 2.60 bits per heavy atom. The molecule has 7 nitrogen and oxygen atoms in total. The topological polar surface area (TPSA) is 82.2 Å². The van der Waals surface area contributed by atoms with Gasteiger partial charge in [-0.25, -0.2) is 9.78 Å². The van der Waals surface area contributed by atoms with Crippen molar-refractivity contribution in [2.75, 3.05) is 12.4 Å². The predicted octanol–water partition coefficient (Wildman–Crippen LogP) is 4.01. The number of alkyl halides is 3. The number of methoxy groups -OCH3 is 1.